The number of amides is 1. The van der Waals surface area contributed by atoms with Crippen molar-refractivity contribution >= 4 is 41.7 Å². The summed E-state index contributed by atoms with van der Waals surface area (Å²) < 4.78 is 14.5. The molecule has 0 radical (unpaired) electrons. The number of benzene rings is 2. The average Bonchev–Trinajstić information content (AvgIpc) is 2.87. The number of rotatable bonds is 6. The van der Waals surface area contributed by atoms with Gasteiger partial charge in [0.05, 0.1) is 5.56 Å². The first-order valence-corrected chi connectivity index (χ1v) is 11.1. The molecule has 0 spiro atoms. The van der Waals surface area contributed by atoms with Crippen LogP contribution in [0.5, 0.6) is 0 Å². The molecule has 0 aromatic heterocycles. The smallest absolute Gasteiger partial charge is 0.254 e. The molecule has 3 rings (SSSR count). The second-order valence-electron chi connectivity index (χ2n) is 7.19. The number of hydrogen-bond acceptors (Lipinski definition) is 3. The van der Waals surface area contributed by atoms with E-state index in [0.717, 1.165) is 36.5 Å². The number of carbonyl (C=O) groups excluding carboxylic acids is 1. The van der Waals surface area contributed by atoms with Gasteiger partial charge in [-0.3, -0.25) is 4.79 Å². The van der Waals surface area contributed by atoms with Gasteiger partial charge in [-0.05, 0) is 67.3 Å². The maximum absolute atomic E-state index is 14.5. The summed E-state index contributed by atoms with van der Waals surface area (Å²) in [5.74, 6) is -0.145. The molecule has 29 heavy (non-hydrogen) atoms. The monoisotopic (exact) mass is 456 g/mol. The van der Waals surface area contributed by atoms with Crippen molar-refractivity contribution < 1.29 is 9.18 Å². The van der Waals surface area contributed by atoms with E-state index in [9.17, 15) is 9.18 Å². The number of hydrogen-bond donors (Lipinski definition) is 2. The third-order valence-corrected chi connectivity index (χ3v) is 6.63. The Labute approximate surface area is 187 Å². The minimum atomic E-state index is -0.468. The highest BCUT2D eigenvalue weighted by atomic mass is 35.5. The summed E-state index contributed by atoms with van der Waals surface area (Å²) in [6, 6.07) is 11.0. The summed E-state index contributed by atoms with van der Waals surface area (Å²) in [4.78, 5) is 12.2. The van der Waals surface area contributed by atoms with E-state index in [1.165, 1.54) is 17.2 Å². The summed E-state index contributed by atoms with van der Waals surface area (Å²) in [7, 11) is 0. The van der Waals surface area contributed by atoms with Crippen molar-refractivity contribution in [3.05, 3.63) is 69.5 Å². The van der Waals surface area contributed by atoms with E-state index in [1.54, 1.807) is 17.8 Å². The van der Waals surface area contributed by atoms with E-state index in [2.05, 4.69) is 16.7 Å². The summed E-state index contributed by atoms with van der Waals surface area (Å²) in [5, 5.41) is 7.32. The number of carbonyl (C=O) groups is 1. The Balaban J connectivity index is 0.00000300. The molecule has 2 atom stereocenters. The Morgan fingerprint density at radius 1 is 1.34 bits per heavy atom. The second-order valence-corrected chi connectivity index (χ2v) is 8.82. The zero-order valence-corrected chi connectivity index (χ0v) is 19.0. The lowest BCUT2D eigenvalue weighted by Crippen LogP contribution is -2.32. The van der Waals surface area contributed by atoms with Gasteiger partial charge in [0.25, 0.3) is 5.91 Å². The molecular weight excluding hydrogens is 430 g/mol. The zero-order chi connectivity index (χ0) is 20.1. The molecule has 158 valence electrons. The van der Waals surface area contributed by atoms with Gasteiger partial charge < -0.3 is 10.6 Å². The van der Waals surface area contributed by atoms with Crippen LogP contribution in [0.15, 0.2) is 36.4 Å². The first-order valence-electron chi connectivity index (χ1n) is 9.68. The first kappa shape index (κ1) is 24.0. The second kappa shape index (κ2) is 11.2. The minimum Gasteiger partial charge on any atom is -0.350 e. The highest BCUT2D eigenvalue weighted by Crippen LogP contribution is 2.35. The highest BCUT2D eigenvalue weighted by Gasteiger charge is 2.20. The van der Waals surface area contributed by atoms with Crippen molar-refractivity contribution in [2.75, 3.05) is 13.1 Å². The van der Waals surface area contributed by atoms with Gasteiger partial charge in [0.2, 0.25) is 0 Å². The lowest BCUT2D eigenvalue weighted by atomic mass is 10.0. The van der Waals surface area contributed by atoms with Gasteiger partial charge in [0, 0.05) is 28.6 Å². The quantitative estimate of drug-likeness (QED) is 0.598. The van der Waals surface area contributed by atoms with Crippen LogP contribution >= 0.6 is 35.8 Å². The van der Waals surface area contributed by atoms with Crippen molar-refractivity contribution in [2.45, 2.75) is 43.7 Å². The highest BCUT2D eigenvalue weighted by molar-refractivity contribution is 7.98. The van der Waals surface area contributed by atoms with Crippen LogP contribution in [0, 0.1) is 5.82 Å². The lowest BCUT2D eigenvalue weighted by molar-refractivity contribution is 0.0935. The maximum atomic E-state index is 14.5. The summed E-state index contributed by atoms with van der Waals surface area (Å²) in [5.41, 5.74) is 3.55. The summed E-state index contributed by atoms with van der Waals surface area (Å²) in [6.45, 7) is 5.69. The molecular formula is C22H27Cl2FN2OS. The largest absolute Gasteiger partial charge is 0.350 e. The van der Waals surface area contributed by atoms with Crippen LogP contribution in [0.4, 0.5) is 4.39 Å². The third kappa shape index (κ3) is 6.35. The SMILES string of the molecule is CCC(C)NC(=O)c1ccc(CS[C@@H]2CNCCc3cc(Cl)ccc32)cc1F.Cl. The molecule has 1 aliphatic heterocycles. The average molecular weight is 457 g/mol. The Morgan fingerprint density at radius 2 is 2.14 bits per heavy atom. The van der Waals surface area contributed by atoms with Gasteiger partial charge in [0.15, 0.2) is 0 Å². The van der Waals surface area contributed by atoms with Gasteiger partial charge in [-0.25, -0.2) is 4.39 Å². The van der Waals surface area contributed by atoms with Crippen LogP contribution in [0.3, 0.4) is 0 Å². The van der Waals surface area contributed by atoms with Crippen LogP contribution in [-0.4, -0.2) is 25.0 Å². The van der Waals surface area contributed by atoms with Crippen molar-refractivity contribution in [2.24, 2.45) is 0 Å². The van der Waals surface area contributed by atoms with Crippen LogP contribution in [-0.2, 0) is 12.2 Å². The molecule has 1 unspecified atom stereocenters. The van der Waals surface area contributed by atoms with Gasteiger partial charge in [-0.1, -0.05) is 30.7 Å². The Morgan fingerprint density at radius 3 is 2.86 bits per heavy atom. The lowest BCUT2D eigenvalue weighted by Gasteiger charge is -2.18. The minimum absolute atomic E-state index is 0. The molecule has 0 saturated heterocycles. The first-order chi connectivity index (χ1) is 13.5. The fourth-order valence-corrected chi connectivity index (χ4v) is 4.67. The summed E-state index contributed by atoms with van der Waals surface area (Å²) in [6.07, 6.45) is 1.77. The molecule has 1 heterocycles. The predicted molar refractivity (Wildman–Crippen MR) is 123 cm³/mol. The topological polar surface area (TPSA) is 41.1 Å². The van der Waals surface area contributed by atoms with Crippen molar-refractivity contribution in [3.63, 3.8) is 0 Å². The van der Waals surface area contributed by atoms with Crippen LogP contribution < -0.4 is 10.6 Å². The molecule has 7 heteroatoms. The van der Waals surface area contributed by atoms with E-state index in [0.29, 0.717) is 5.75 Å². The van der Waals surface area contributed by atoms with Crippen LogP contribution in [0.1, 0.15) is 52.6 Å². The summed E-state index contributed by atoms with van der Waals surface area (Å²) >= 11 is 7.92. The van der Waals surface area contributed by atoms with Crippen LogP contribution in [0.25, 0.3) is 0 Å². The molecule has 0 saturated carbocycles. The normalized spacial score (nSPS) is 16.9. The molecule has 0 bridgehead atoms. The molecule has 2 aromatic rings. The molecule has 0 aliphatic carbocycles. The van der Waals surface area contributed by atoms with E-state index in [1.807, 2.05) is 32.0 Å². The fourth-order valence-electron chi connectivity index (χ4n) is 3.25. The van der Waals surface area contributed by atoms with Crippen molar-refractivity contribution in [3.8, 4) is 0 Å². The molecule has 2 N–H and O–H groups in total. The molecule has 3 nitrogen and oxygen atoms in total. The Bertz CT molecular complexity index is 850. The standard InChI is InChI=1S/C22H26ClFN2OS.ClH/c1-3-14(2)26-22(27)19-6-4-15(10-20(19)24)13-28-21-12-25-9-8-16-11-17(23)5-7-18(16)21;/h4-7,10-11,14,21,25H,3,8-9,12-13H2,1-2H3,(H,26,27);1H/t14?,21-;/m1./s1. The van der Waals surface area contributed by atoms with E-state index < -0.39 is 5.82 Å². The van der Waals surface area contributed by atoms with E-state index in [4.69, 9.17) is 11.6 Å². The predicted octanol–water partition coefficient (Wildman–Crippen LogP) is 5.55. The van der Waals surface area contributed by atoms with Crippen molar-refractivity contribution in [1.29, 1.82) is 0 Å². The van der Waals surface area contributed by atoms with E-state index >= 15 is 0 Å². The Kier molecular flexibility index (Phi) is 9.28. The number of fused-ring (bicyclic) bond motifs is 1. The number of halogens is 3. The number of nitrogens with one attached hydrogen (secondary N) is 2. The molecule has 0 fully saturated rings. The zero-order valence-electron chi connectivity index (χ0n) is 16.6. The number of thioether (sulfide) groups is 1. The van der Waals surface area contributed by atoms with Gasteiger partial charge in [-0.15, -0.1) is 24.2 Å². The van der Waals surface area contributed by atoms with Crippen molar-refractivity contribution in [1.82, 2.24) is 10.6 Å². The fraction of sp³-hybridized carbons (Fsp3) is 0.409. The van der Waals surface area contributed by atoms with E-state index in [-0.39, 0.29) is 35.2 Å². The Hall–Kier alpha value is -1.27. The van der Waals surface area contributed by atoms with Gasteiger partial charge in [0.1, 0.15) is 5.82 Å². The molecule has 1 amide bonds. The third-order valence-electron chi connectivity index (χ3n) is 5.07. The van der Waals surface area contributed by atoms with Crippen LogP contribution in [0.2, 0.25) is 5.02 Å². The maximum Gasteiger partial charge on any atom is 0.254 e. The van der Waals surface area contributed by atoms with Gasteiger partial charge in [-0.2, -0.15) is 0 Å². The molecule has 1 aliphatic rings. The van der Waals surface area contributed by atoms with Gasteiger partial charge >= 0.3 is 0 Å². The molecule has 2 aromatic carbocycles.